The lowest BCUT2D eigenvalue weighted by molar-refractivity contribution is -0.137. The van der Waals surface area contributed by atoms with Gasteiger partial charge in [-0.1, -0.05) is 25.1 Å². The Hall–Kier alpha value is -2.21. The van der Waals surface area contributed by atoms with Crippen molar-refractivity contribution in [2.24, 2.45) is 5.92 Å². The topological polar surface area (TPSA) is 75.3 Å². The van der Waals surface area contributed by atoms with Crippen molar-refractivity contribution >= 4 is 39.0 Å². The molecule has 5 nitrogen and oxygen atoms in total. The summed E-state index contributed by atoms with van der Waals surface area (Å²) in [5.74, 6) is -0.0695. The quantitative estimate of drug-likeness (QED) is 0.659. The van der Waals surface area contributed by atoms with E-state index in [2.05, 4.69) is 22.8 Å². The SMILES string of the molecule is CCC(=O)C(=O)NCC1CCC(c2c(C(=O)NC(C)C)sc3ccccc23)CC1. The van der Waals surface area contributed by atoms with E-state index >= 15 is 0 Å². The van der Waals surface area contributed by atoms with Gasteiger partial charge in [-0.2, -0.15) is 0 Å². The molecule has 0 spiro atoms. The van der Waals surface area contributed by atoms with Crippen LogP contribution in [0.3, 0.4) is 0 Å². The molecule has 1 saturated carbocycles. The minimum Gasteiger partial charge on any atom is -0.349 e. The van der Waals surface area contributed by atoms with E-state index in [1.54, 1.807) is 18.3 Å². The molecule has 0 bridgehead atoms. The van der Waals surface area contributed by atoms with Crippen molar-refractivity contribution in [3.63, 3.8) is 0 Å². The second-order valence-electron chi connectivity index (χ2n) is 8.17. The van der Waals surface area contributed by atoms with Crippen molar-refractivity contribution in [2.45, 2.75) is 64.8 Å². The van der Waals surface area contributed by atoms with Crippen molar-refractivity contribution < 1.29 is 14.4 Å². The number of nitrogens with one attached hydrogen (secondary N) is 2. The molecule has 0 aliphatic heterocycles. The molecule has 2 amide bonds. The molecule has 1 aliphatic rings. The average Bonchev–Trinajstić information content (AvgIpc) is 3.11. The molecular weight excluding hydrogens is 384 g/mol. The van der Waals surface area contributed by atoms with Gasteiger partial charge in [-0.25, -0.2) is 0 Å². The van der Waals surface area contributed by atoms with Crippen LogP contribution in [0.4, 0.5) is 0 Å². The van der Waals surface area contributed by atoms with Crippen LogP contribution < -0.4 is 10.6 Å². The summed E-state index contributed by atoms with van der Waals surface area (Å²) in [6.45, 7) is 6.22. The summed E-state index contributed by atoms with van der Waals surface area (Å²) in [6.07, 6.45) is 4.20. The van der Waals surface area contributed by atoms with E-state index in [0.29, 0.717) is 18.4 Å². The largest absolute Gasteiger partial charge is 0.349 e. The first kappa shape index (κ1) is 21.5. The van der Waals surface area contributed by atoms with Crippen LogP contribution in [0.25, 0.3) is 10.1 Å². The van der Waals surface area contributed by atoms with E-state index in [4.69, 9.17) is 0 Å². The second kappa shape index (κ2) is 9.53. The number of Topliss-reactive ketones (excluding diaryl/α,β-unsaturated/α-hetero) is 1. The van der Waals surface area contributed by atoms with Crippen molar-refractivity contribution in [3.8, 4) is 0 Å². The summed E-state index contributed by atoms with van der Waals surface area (Å²) >= 11 is 1.58. The fraction of sp³-hybridized carbons (Fsp3) is 0.522. The van der Waals surface area contributed by atoms with Crippen LogP contribution in [0.1, 0.15) is 74.0 Å². The van der Waals surface area contributed by atoms with Crippen LogP contribution in [-0.4, -0.2) is 30.2 Å². The summed E-state index contributed by atoms with van der Waals surface area (Å²) < 4.78 is 1.16. The molecule has 2 aromatic rings. The maximum Gasteiger partial charge on any atom is 0.287 e. The van der Waals surface area contributed by atoms with E-state index in [1.807, 2.05) is 26.0 Å². The molecular formula is C23H30N2O3S. The van der Waals surface area contributed by atoms with Crippen LogP contribution in [0.5, 0.6) is 0 Å². The Morgan fingerprint density at radius 2 is 1.79 bits per heavy atom. The molecule has 29 heavy (non-hydrogen) atoms. The minimum absolute atomic E-state index is 0.0173. The monoisotopic (exact) mass is 414 g/mol. The Morgan fingerprint density at radius 1 is 1.10 bits per heavy atom. The normalized spacial score (nSPS) is 19.3. The lowest BCUT2D eigenvalue weighted by Gasteiger charge is -2.29. The summed E-state index contributed by atoms with van der Waals surface area (Å²) in [4.78, 5) is 36.8. The van der Waals surface area contributed by atoms with Gasteiger partial charge in [0.05, 0.1) is 4.88 Å². The van der Waals surface area contributed by atoms with Crippen molar-refractivity contribution in [1.29, 1.82) is 0 Å². The number of carbonyl (C=O) groups is 3. The van der Waals surface area contributed by atoms with Gasteiger partial charge in [-0.3, -0.25) is 14.4 Å². The second-order valence-corrected chi connectivity index (χ2v) is 9.23. The zero-order valence-electron chi connectivity index (χ0n) is 17.4. The van der Waals surface area contributed by atoms with Crippen molar-refractivity contribution in [3.05, 3.63) is 34.7 Å². The third-order valence-electron chi connectivity index (χ3n) is 5.64. The molecule has 1 aromatic heterocycles. The number of ketones is 1. The van der Waals surface area contributed by atoms with E-state index < -0.39 is 5.91 Å². The molecule has 0 atom stereocenters. The van der Waals surface area contributed by atoms with Gasteiger partial charge in [0.1, 0.15) is 0 Å². The molecule has 3 rings (SSSR count). The number of rotatable bonds is 7. The number of carbonyl (C=O) groups excluding carboxylic acids is 3. The highest BCUT2D eigenvalue weighted by molar-refractivity contribution is 7.21. The van der Waals surface area contributed by atoms with Gasteiger partial charge in [0.2, 0.25) is 5.78 Å². The van der Waals surface area contributed by atoms with Crippen molar-refractivity contribution in [2.75, 3.05) is 6.54 Å². The Kier molecular flexibility index (Phi) is 7.06. The van der Waals surface area contributed by atoms with Gasteiger partial charge in [-0.15, -0.1) is 11.3 Å². The number of thiophene rings is 1. The van der Waals surface area contributed by atoms with Gasteiger partial charge >= 0.3 is 0 Å². The standard InChI is InChI=1S/C23H30N2O3S/c1-4-18(26)22(27)24-13-15-9-11-16(12-10-15)20-17-7-5-6-8-19(17)29-21(20)23(28)25-14(2)3/h5-8,14-16H,4,9-13H2,1-3H3,(H,24,27)(H,25,28). The van der Waals surface area contributed by atoms with Crippen LogP contribution in [0.2, 0.25) is 0 Å². The minimum atomic E-state index is -0.467. The zero-order chi connectivity index (χ0) is 21.0. The fourth-order valence-corrected chi connectivity index (χ4v) is 5.31. The first-order valence-electron chi connectivity index (χ1n) is 10.5. The molecule has 6 heteroatoms. The number of hydrogen-bond donors (Lipinski definition) is 2. The summed E-state index contributed by atoms with van der Waals surface area (Å²) in [6, 6.07) is 8.36. The van der Waals surface area contributed by atoms with Crippen molar-refractivity contribution in [1.82, 2.24) is 10.6 Å². The van der Waals surface area contributed by atoms with Crippen LogP contribution in [-0.2, 0) is 9.59 Å². The first-order valence-corrected chi connectivity index (χ1v) is 11.4. The predicted octanol–water partition coefficient (Wildman–Crippen LogP) is 4.41. The highest BCUT2D eigenvalue weighted by Crippen LogP contribution is 2.43. The first-order chi connectivity index (χ1) is 13.9. The molecule has 0 saturated heterocycles. The van der Waals surface area contributed by atoms with Crippen LogP contribution in [0, 0.1) is 5.92 Å². The van der Waals surface area contributed by atoms with Gasteiger partial charge in [0.15, 0.2) is 0 Å². The highest BCUT2D eigenvalue weighted by atomic mass is 32.1. The summed E-state index contributed by atoms with van der Waals surface area (Å²) in [7, 11) is 0. The molecule has 2 N–H and O–H groups in total. The van der Waals surface area contributed by atoms with Gasteiger partial charge in [-0.05, 0) is 68.4 Å². The Balaban J connectivity index is 1.72. The maximum absolute atomic E-state index is 12.8. The maximum atomic E-state index is 12.8. The fourth-order valence-electron chi connectivity index (χ4n) is 4.12. The Labute approximate surface area is 176 Å². The number of fused-ring (bicyclic) bond motifs is 1. The van der Waals surface area contributed by atoms with E-state index in [1.165, 1.54) is 10.9 Å². The van der Waals surface area contributed by atoms with E-state index in [0.717, 1.165) is 35.3 Å². The predicted molar refractivity (Wildman–Crippen MR) is 117 cm³/mol. The number of benzene rings is 1. The molecule has 0 unspecified atom stereocenters. The zero-order valence-corrected chi connectivity index (χ0v) is 18.2. The smallest absolute Gasteiger partial charge is 0.287 e. The molecule has 1 aliphatic carbocycles. The summed E-state index contributed by atoms with van der Waals surface area (Å²) in [5, 5.41) is 7.02. The molecule has 1 fully saturated rings. The third-order valence-corrected chi connectivity index (χ3v) is 6.83. The Morgan fingerprint density at radius 3 is 2.45 bits per heavy atom. The molecule has 1 heterocycles. The number of hydrogen-bond acceptors (Lipinski definition) is 4. The lowest BCUT2D eigenvalue weighted by atomic mass is 9.77. The number of amides is 2. The van der Waals surface area contributed by atoms with Crippen LogP contribution in [0.15, 0.2) is 24.3 Å². The average molecular weight is 415 g/mol. The molecule has 156 valence electrons. The summed E-state index contributed by atoms with van der Waals surface area (Å²) in [5.41, 5.74) is 1.19. The van der Waals surface area contributed by atoms with Gasteiger partial charge in [0, 0.05) is 23.7 Å². The highest BCUT2D eigenvalue weighted by Gasteiger charge is 2.29. The molecule has 1 aromatic carbocycles. The van der Waals surface area contributed by atoms with E-state index in [9.17, 15) is 14.4 Å². The van der Waals surface area contributed by atoms with E-state index in [-0.39, 0.29) is 24.2 Å². The molecule has 0 radical (unpaired) electrons. The van der Waals surface area contributed by atoms with Gasteiger partial charge in [0.25, 0.3) is 11.8 Å². The van der Waals surface area contributed by atoms with Crippen LogP contribution >= 0.6 is 11.3 Å². The lowest BCUT2D eigenvalue weighted by Crippen LogP contribution is -2.35. The Bertz CT molecular complexity index is 895. The van der Waals surface area contributed by atoms with Gasteiger partial charge < -0.3 is 10.6 Å². The third kappa shape index (κ3) is 5.04.